The van der Waals surface area contributed by atoms with Gasteiger partial charge in [0.15, 0.2) is 6.10 Å². The highest BCUT2D eigenvalue weighted by molar-refractivity contribution is 5.91. The summed E-state index contributed by atoms with van der Waals surface area (Å²) in [6.07, 6.45) is -6.93. The van der Waals surface area contributed by atoms with Crippen molar-refractivity contribution >= 4 is 46.6 Å². The maximum absolute atomic E-state index is 13.4. The van der Waals surface area contributed by atoms with Crippen LogP contribution in [0.1, 0.15) is 47.9 Å². The number of carbonyl (C=O) groups is 4. The van der Waals surface area contributed by atoms with Crippen molar-refractivity contribution in [1.29, 1.82) is 0 Å². The molecule has 0 N–H and O–H groups in total. The molecule has 1 heterocycles. The maximum Gasteiger partial charge on any atom is 0.340 e. The Bertz CT molecular complexity index is 2140. The van der Waals surface area contributed by atoms with Crippen molar-refractivity contribution in [3.05, 3.63) is 160 Å². The minimum atomic E-state index is -1.65. The van der Waals surface area contributed by atoms with Gasteiger partial charge in [-0.2, -0.15) is 0 Å². The van der Waals surface area contributed by atoms with E-state index in [0.29, 0.717) is 0 Å². The van der Waals surface area contributed by atoms with Crippen LogP contribution in [-0.2, 0) is 23.7 Å². The van der Waals surface area contributed by atoms with E-state index in [4.69, 9.17) is 23.7 Å². The number of nitro groups is 4. The van der Waals surface area contributed by atoms with Crippen molar-refractivity contribution in [2.24, 2.45) is 0 Å². The van der Waals surface area contributed by atoms with Crippen molar-refractivity contribution in [2.45, 2.75) is 31.0 Å². The number of hydrogen-bond acceptors (Lipinski definition) is 17. The number of nitro benzene ring substituents is 4. The number of carbonyl (C=O) groups excluding carboxylic acids is 4. The third-order valence-corrected chi connectivity index (χ3v) is 7.86. The summed E-state index contributed by atoms with van der Waals surface area (Å²) in [6, 6.07) is 17.1. The Morgan fingerprint density at radius 3 is 1.20 bits per heavy atom. The van der Waals surface area contributed by atoms with E-state index in [-0.39, 0.29) is 45.0 Å². The Hall–Kier alpha value is -7.68. The largest absolute Gasteiger partial charge is 0.459 e. The molecule has 282 valence electrons. The fourth-order valence-corrected chi connectivity index (χ4v) is 5.07. The first-order valence-electron chi connectivity index (χ1n) is 15.6. The maximum atomic E-state index is 13.4. The number of esters is 4. The molecule has 21 nitrogen and oxygen atoms in total. The van der Waals surface area contributed by atoms with Gasteiger partial charge in [0, 0.05) is 48.5 Å². The molecule has 1 aliphatic heterocycles. The van der Waals surface area contributed by atoms with E-state index in [1.54, 1.807) is 0 Å². The SMILES string of the molecule is O=C(OC[C@@H]1O[C@H](OC(=O)c2ccc([N+](=O)[O-])cc2)C[C@@H](OC(=O)c2ccc([N+](=O)[O-])cc2)[C@@H]1OC(=O)c1ccc([N+](=O)[O-])cc1)c1ccc([N+](=O)[O-])cc1. The first kappa shape index (κ1) is 38.5. The van der Waals surface area contributed by atoms with E-state index in [2.05, 4.69) is 0 Å². The fraction of sp³-hybridized carbons (Fsp3) is 0.176. The normalized spacial score (nSPS) is 17.5. The second kappa shape index (κ2) is 16.8. The zero-order valence-corrected chi connectivity index (χ0v) is 27.7. The summed E-state index contributed by atoms with van der Waals surface area (Å²) < 4.78 is 28.1. The number of nitrogens with zero attached hydrogens (tertiary/aromatic N) is 4. The van der Waals surface area contributed by atoms with E-state index < -0.39 is 81.2 Å². The van der Waals surface area contributed by atoms with Gasteiger partial charge in [-0.1, -0.05) is 0 Å². The van der Waals surface area contributed by atoms with Gasteiger partial charge in [-0.25, -0.2) is 19.2 Å². The molecule has 21 heteroatoms. The minimum Gasteiger partial charge on any atom is -0.459 e. The van der Waals surface area contributed by atoms with Gasteiger partial charge < -0.3 is 23.7 Å². The second-order valence-corrected chi connectivity index (χ2v) is 11.4. The third-order valence-electron chi connectivity index (χ3n) is 7.86. The molecule has 0 unspecified atom stereocenters. The van der Waals surface area contributed by atoms with Crippen LogP contribution in [0.4, 0.5) is 22.7 Å². The quantitative estimate of drug-likeness (QED) is 0.0757. The number of benzene rings is 4. The van der Waals surface area contributed by atoms with Gasteiger partial charge in [-0.15, -0.1) is 0 Å². The first-order chi connectivity index (χ1) is 26.2. The van der Waals surface area contributed by atoms with Gasteiger partial charge in [-0.3, -0.25) is 40.5 Å². The Kier molecular flexibility index (Phi) is 11.8. The molecular weight excluding hydrogens is 736 g/mol. The molecule has 1 saturated heterocycles. The van der Waals surface area contributed by atoms with E-state index >= 15 is 0 Å². The lowest BCUT2D eigenvalue weighted by Gasteiger charge is -2.39. The summed E-state index contributed by atoms with van der Waals surface area (Å²) in [4.78, 5) is 94.3. The van der Waals surface area contributed by atoms with Crippen molar-refractivity contribution in [3.8, 4) is 0 Å². The van der Waals surface area contributed by atoms with Crippen LogP contribution in [0.25, 0.3) is 0 Å². The predicted molar refractivity (Wildman–Crippen MR) is 180 cm³/mol. The van der Waals surface area contributed by atoms with E-state index in [0.717, 1.165) is 97.1 Å². The molecule has 1 aliphatic rings. The summed E-state index contributed by atoms with van der Waals surface area (Å²) in [6.45, 7) is -0.773. The molecule has 1 fully saturated rings. The topological polar surface area (TPSA) is 287 Å². The zero-order valence-electron chi connectivity index (χ0n) is 27.7. The number of non-ortho nitro benzene ring substituents is 4. The first-order valence-corrected chi connectivity index (χ1v) is 15.6. The fourth-order valence-electron chi connectivity index (χ4n) is 5.07. The summed E-state index contributed by atoms with van der Waals surface area (Å²) in [7, 11) is 0. The Balaban J connectivity index is 1.46. The molecule has 0 aromatic heterocycles. The molecule has 0 aliphatic carbocycles. The average molecular weight is 761 g/mol. The van der Waals surface area contributed by atoms with E-state index in [9.17, 15) is 59.6 Å². The molecule has 5 rings (SSSR count). The summed E-state index contributed by atoms with van der Waals surface area (Å²) in [5, 5.41) is 44.4. The van der Waals surface area contributed by atoms with Crippen molar-refractivity contribution in [3.63, 3.8) is 0 Å². The minimum absolute atomic E-state index is 0.136. The molecule has 0 amide bonds. The van der Waals surface area contributed by atoms with Crippen molar-refractivity contribution < 1.29 is 62.6 Å². The number of rotatable bonds is 13. The molecule has 55 heavy (non-hydrogen) atoms. The second-order valence-electron chi connectivity index (χ2n) is 11.4. The molecule has 0 radical (unpaired) electrons. The average Bonchev–Trinajstić information content (AvgIpc) is 3.17. The Morgan fingerprint density at radius 2 is 0.836 bits per heavy atom. The smallest absolute Gasteiger partial charge is 0.340 e. The van der Waals surface area contributed by atoms with Crippen LogP contribution >= 0.6 is 0 Å². The lowest BCUT2D eigenvalue weighted by molar-refractivity contribution is -0.385. The highest BCUT2D eigenvalue weighted by Crippen LogP contribution is 2.30. The van der Waals surface area contributed by atoms with Crippen LogP contribution in [-0.4, -0.2) is 74.8 Å². The van der Waals surface area contributed by atoms with Gasteiger partial charge in [0.25, 0.3) is 22.7 Å². The molecule has 4 aromatic rings. The van der Waals surface area contributed by atoms with Gasteiger partial charge in [0.1, 0.15) is 18.8 Å². The van der Waals surface area contributed by atoms with Crippen LogP contribution in [0.3, 0.4) is 0 Å². The summed E-state index contributed by atoms with van der Waals surface area (Å²) >= 11 is 0. The van der Waals surface area contributed by atoms with Crippen LogP contribution < -0.4 is 0 Å². The summed E-state index contributed by atoms with van der Waals surface area (Å²) in [5.74, 6) is -4.26. The standard InChI is InChI=1S/C34H24N4O17/c39-31(19-1-9-23(10-2-19)35(43)44)51-18-28-30(55-34(42)22-7-15-26(16-8-22)38(49)50)27(53-32(40)20-3-11-24(12-4-20)36(45)46)17-29(52-28)54-33(41)21-5-13-25(14-6-21)37(47)48/h1-16,27-30H,17-18H2/t27-,28+,29-,30+/m1/s1. The molecule has 4 aromatic carbocycles. The molecule has 0 spiro atoms. The molecule has 0 saturated carbocycles. The van der Waals surface area contributed by atoms with Crippen LogP contribution in [0.15, 0.2) is 97.1 Å². The number of ether oxygens (including phenoxy) is 5. The van der Waals surface area contributed by atoms with E-state index in [1.807, 2.05) is 0 Å². The van der Waals surface area contributed by atoms with Crippen molar-refractivity contribution in [2.75, 3.05) is 6.61 Å². The monoisotopic (exact) mass is 760 g/mol. The van der Waals surface area contributed by atoms with Gasteiger partial charge in [0.2, 0.25) is 6.29 Å². The molecule has 0 bridgehead atoms. The molecular formula is C34H24N4O17. The van der Waals surface area contributed by atoms with Crippen molar-refractivity contribution in [1.82, 2.24) is 0 Å². The van der Waals surface area contributed by atoms with Crippen LogP contribution in [0, 0.1) is 40.5 Å². The Labute approximate surface area is 306 Å². The predicted octanol–water partition coefficient (Wildman–Crippen LogP) is 4.90. The Morgan fingerprint density at radius 1 is 0.509 bits per heavy atom. The van der Waals surface area contributed by atoms with Gasteiger partial charge in [-0.05, 0) is 48.5 Å². The van der Waals surface area contributed by atoms with Crippen LogP contribution in [0.2, 0.25) is 0 Å². The summed E-state index contributed by atoms with van der Waals surface area (Å²) in [5.41, 5.74) is -1.99. The van der Waals surface area contributed by atoms with E-state index in [1.165, 1.54) is 0 Å². The highest BCUT2D eigenvalue weighted by atomic mass is 16.7. The van der Waals surface area contributed by atoms with Gasteiger partial charge in [0.05, 0.1) is 48.4 Å². The lowest BCUT2D eigenvalue weighted by atomic mass is 10.0. The van der Waals surface area contributed by atoms with Crippen LogP contribution in [0.5, 0.6) is 0 Å². The number of hydrogen-bond donors (Lipinski definition) is 0. The lowest BCUT2D eigenvalue weighted by Crippen LogP contribution is -2.54. The highest BCUT2D eigenvalue weighted by Gasteiger charge is 2.46. The zero-order chi connectivity index (χ0) is 39.8. The molecule has 4 atom stereocenters. The van der Waals surface area contributed by atoms with Gasteiger partial charge >= 0.3 is 23.9 Å². The third kappa shape index (κ3) is 9.61.